The van der Waals surface area contributed by atoms with Gasteiger partial charge in [0, 0.05) is 32.3 Å². The number of anilines is 1. The number of hydrogen-bond donors (Lipinski definition) is 1. The Morgan fingerprint density at radius 3 is 2.95 bits per heavy atom. The van der Waals surface area contributed by atoms with E-state index in [1.807, 2.05) is 12.1 Å². The lowest BCUT2D eigenvalue weighted by Gasteiger charge is -2.30. The van der Waals surface area contributed by atoms with E-state index in [1.54, 1.807) is 13.1 Å². The van der Waals surface area contributed by atoms with E-state index in [1.165, 1.54) is 0 Å². The Balaban J connectivity index is 1.69. The summed E-state index contributed by atoms with van der Waals surface area (Å²) < 4.78 is 5.69. The first kappa shape index (κ1) is 12.0. The highest BCUT2D eigenvalue weighted by Crippen LogP contribution is 2.23. The summed E-state index contributed by atoms with van der Waals surface area (Å²) >= 11 is 0. The zero-order chi connectivity index (χ0) is 13.2. The summed E-state index contributed by atoms with van der Waals surface area (Å²) in [7, 11) is 0. The third-order valence-corrected chi connectivity index (χ3v) is 3.33. The molecule has 6 nitrogen and oxygen atoms in total. The smallest absolute Gasteiger partial charge is 0.299 e. The fourth-order valence-corrected chi connectivity index (χ4v) is 2.40. The van der Waals surface area contributed by atoms with Crippen LogP contribution in [0.25, 0.3) is 11.2 Å². The molecule has 0 spiro atoms. The van der Waals surface area contributed by atoms with Crippen LogP contribution in [0.3, 0.4) is 0 Å². The van der Waals surface area contributed by atoms with Gasteiger partial charge in [0.1, 0.15) is 0 Å². The molecule has 0 unspecified atom stereocenters. The molecule has 0 bridgehead atoms. The maximum absolute atomic E-state index is 11.0. The van der Waals surface area contributed by atoms with Crippen LogP contribution in [0.1, 0.15) is 19.8 Å². The molecule has 100 valence electrons. The molecule has 0 radical (unpaired) electrons. The zero-order valence-corrected chi connectivity index (χ0v) is 10.8. The number of aromatic nitrogens is 2. The van der Waals surface area contributed by atoms with Crippen LogP contribution < -0.4 is 10.2 Å². The number of nitrogens with zero attached hydrogens (tertiary/aromatic N) is 3. The van der Waals surface area contributed by atoms with Gasteiger partial charge in [-0.25, -0.2) is 4.98 Å². The number of carbonyl (C=O) groups is 1. The summed E-state index contributed by atoms with van der Waals surface area (Å²) in [6.07, 6.45) is 3.52. The molecule has 0 saturated carbocycles. The maximum atomic E-state index is 11.0. The molecule has 2 aromatic heterocycles. The van der Waals surface area contributed by atoms with E-state index in [0.29, 0.717) is 17.2 Å². The van der Waals surface area contributed by atoms with Gasteiger partial charge < -0.3 is 14.6 Å². The standard InChI is InChI=1S/C13H16N4O2/c1-9(18)15-10-4-7-17(8-5-10)13-16-12-11(19-13)3-2-6-14-12/h2-3,6,10H,4-5,7-8H2,1H3,(H,15,18). The van der Waals surface area contributed by atoms with Gasteiger partial charge in [-0.3, -0.25) is 4.79 Å². The Labute approximate surface area is 110 Å². The molecule has 1 amide bonds. The van der Waals surface area contributed by atoms with Crippen molar-refractivity contribution in [1.82, 2.24) is 15.3 Å². The Hall–Kier alpha value is -2.11. The monoisotopic (exact) mass is 260 g/mol. The van der Waals surface area contributed by atoms with Crippen LogP contribution >= 0.6 is 0 Å². The van der Waals surface area contributed by atoms with E-state index < -0.39 is 0 Å². The number of piperidine rings is 1. The van der Waals surface area contributed by atoms with E-state index in [4.69, 9.17) is 4.42 Å². The molecule has 6 heteroatoms. The normalized spacial score (nSPS) is 16.8. The first-order chi connectivity index (χ1) is 9.22. The third kappa shape index (κ3) is 2.52. The lowest BCUT2D eigenvalue weighted by atomic mass is 10.1. The molecule has 1 saturated heterocycles. The van der Waals surface area contributed by atoms with E-state index in [0.717, 1.165) is 25.9 Å². The van der Waals surface area contributed by atoms with Gasteiger partial charge in [0.05, 0.1) is 0 Å². The molecule has 0 atom stereocenters. The number of hydrogen-bond acceptors (Lipinski definition) is 5. The van der Waals surface area contributed by atoms with Gasteiger partial charge in [0.25, 0.3) is 6.01 Å². The highest BCUT2D eigenvalue weighted by atomic mass is 16.4. The minimum absolute atomic E-state index is 0.0320. The molecule has 19 heavy (non-hydrogen) atoms. The van der Waals surface area contributed by atoms with E-state index in [9.17, 15) is 4.79 Å². The highest BCUT2D eigenvalue weighted by Gasteiger charge is 2.23. The molecular weight excluding hydrogens is 244 g/mol. The molecular formula is C13H16N4O2. The Morgan fingerprint density at radius 1 is 1.47 bits per heavy atom. The van der Waals surface area contributed by atoms with Crippen molar-refractivity contribution in [2.45, 2.75) is 25.8 Å². The number of nitrogens with one attached hydrogen (secondary N) is 1. The average Bonchev–Trinajstić information content (AvgIpc) is 2.82. The van der Waals surface area contributed by atoms with Crippen LogP contribution in [0.5, 0.6) is 0 Å². The summed E-state index contributed by atoms with van der Waals surface area (Å²) in [6, 6.07) is 4.58. The summed E-state index contributed by atoms with van der Waals surface area (Å²) in [5.41, 5.74) is 1.35. The number of carbonyl (C=O) groups excluding carboxylic acids is 1. The van der Waals surface area contributed by atoms with Gasteiger partial charge >= 0.3 is 0 Å². The second-order valence-corrected chi connectivity index (χ2v) is 4.78. The van der Waals surface area contributed by atoms with Crippen molar-refractivity contribution in [2.75, 3.05) is 18.0 Å². The molecule has 0 aliphatic carbocycles. The second kappa shape index (κ2) is 4.87. The number of oxazole rings is 1. The highest BCUT2D eigenvalue weighted by molar-refractivity contribution is 5.73. The fourth-order valence-electron chi connectivity index (χ4n) is 2.40. The van der Waals surface area contributed by atoms with Crippen molar-refractivity contribution >= 4 is 23.2 Å². The van der Waals surface area contributed by atoms with Gasteiger partial charge in [-0.1, -0.05) is 0 Å². The zero-order valence-electron chi connectivity index (χ0n) is 10.8. The van der Waals surface area contributed by atoms with Crippen molar-refractivity contribution < 1.29 is 9.21 Å². The summed E-state index contributed by atoms with van der Waals surface area (Å²) in [6.45, 7) is 3.22. The van der Waals surface area contributed by atoms with Crippen LogP contribution in [-0.2, 0) is 4.79 Å². The average molecular weight is 260 g/mol. The predicted octanol–water partition coefficient (Wildman–Crippen LogP) is 1.33. The van der Waals surface area contributed by atoms with Gasteiger partial charge in [-0.2, -0.15) is 4.98 Å². The number of rotatable bonds is 2. The lowest BCUT2D eigenvalue weighted by molar-refractivity contribution is -0.119. The van der Waals surface area contributed by atoms with Crippen LogP contribution in [0.15, 0.2) is 22.7 Å². The van der Waals surface area contributed by atoms with E-state index in [-0.39, 0.29) is 11.9 Å². The summed E-state index contributed by atoms with van der Waals surface area (Å²) in [5.74, 6) is 0.0320. The fraction of sp³-hybridized carbons (Fsp3) is 0.462. The van der Waals surface area contributed by atoms with Crippen molar-refractivity contribution in [3.63, 3.8) is 0 Å². The van der Waals surface area contributed by atoms with Crippen LogP contribution in [0.4, 0.5) is 6.01 Å². The van der Waals surface area contributed by atoms with Crippen molar-refractivity contribution in [1.29, 1.82) is 0 Å². The number of amides is 1. The quantitative estimate of drug-likeness (QED) is 0.882. The molecule has 0 aromatic carbocycles. The lowest BCUT2D eigenvalue weighted by Crippen LogP contribution is -2.44. The minimum Gasteiger partial charge on any atom is -0.422 e. The topological polar surface area (TPSA) is 71.3 Å². The Kier molecular flexibility index (Phi) is 3.06. The van der Waals surface area contributed by atoms with Gasteiger partial charge in [-0.05, 0) is 25.0 Å². The van der Waals surface area contributed by atoms with Crippen molar-refractivity contribution in [2.24, 2.45) is 0 Å². The first-order valence-corrected chi connectivity index (χ1v) is 6.46. The molecule has 3 heterocycles. The Morgan fingerprint density at radius 2 is 2.26 bits per heavy atom. The molecule has 1 N–H and O–H groups in total. The van der Waals surface area contributed by atoms with Crippen molar-refractivity contribution in [3.8, 4) is 0 Å². The van der Waals surface area contributed by atoms with E-state index >= 15 is 0 Å². The minimum atomic E-state index is 0.0320. The molecule has 1 aliphatic rings. The van der Waals surface area contributed by atoms with Crippen LogP contribution in [0, 0.1) is 0 Å². The SMILES string of the molecule is CC(=O)NC1CCN(c2nc3ncccc3o2)CC1. The molecule has 1 fully saturated rings. The summed E-state index contributed by atoms with van der Waals surface area (Å²) in [4.78, 5) is 21.7. The second-order valence-electron chi connectivity index (χ2n) is 4.78. The van der Waals surface area contributed by atoms with Gasteiger partial charge in [0.15, 0.2) is 5.58 Å². The third-order valence-electron chi connectivity index (χ3n) is 3.33. The first-order valence-electron chi connectivity index (χ1n) is 6.46. The maximum Gasteiger partial charge on any atom is 0.299 e. The number of pyridine rings is 1. The van der Waals surface area contributed by atoms with Gasteiger partial charge in [0.2, 0.25) is 11.6 Å². The molecule has 2 aromatic rings. The number of fused-ring (bicyclic) bond motifs is 1. The largest absolute Gasteiger partial charge is 0.422 e. The van der Waals surface area contributed by atoms with Crippen LogP contribution in [0.2, 0.25) is 0 Å². The Bertz CT molecular complexity index is 554. The van der Waals surface area contributed by atoms with Gasteiger partial charge in [-0.15, -0.1) is 0 Å². The van der Waals surface area contributed by atoms with Crippen LogP contribution in [-0.4, -0.2) is 35.0 Å². The summed E-state index contributed by atoms with van der Waals surface area (Å²) in [5, 5.41) is 2.95. The molecule has 3 rings (SSSR count). The molecule has 1 aliphatic heterocycles. The van der Waals surface area contributed by atoms with E-state index in [2.05, 4.69) is 20.2 Å². The van der Waals surface area contributed by atoms with Crippen molar-refractivity contribution in [3.05, 3.63) is 18.3 Å². The predicted molar refractivity (Wildman–Crippen MR) is 70.9 cm³/mol.